The van der Waals surface area contributed by atoms with Crippen molar-refractivity contribution in [1.82, 2.24) is 14.7 Å². The quantitative estimate of drug-likeness (QED) is 0.829. The number of carboxylic acids is 1. The number of rotatable bonds is 5. The van der Waals surface area contributed by atoms with Crippen molar-refractivity contribution < 1.29 is 14.7 Å². The molecule has 0 fully saturated rings. The number of amides is 1. The number of hydrogen-bond donors (Lipinski definition) is 1. The first-order chi connectivity index (χ1) is 8.36. The summed E-state index contributed by atoms with van der Waals surface area (Å²) >= 11 is 0. The Morgan fingerprint density at radius 3 is 2.39 bits per heavy atom. The van der Waals surface area contributed by atoms with E-state index < -0.39 is 5.97 Å². The minimum Gasteiger partial charge on any atom is -0.480 e. The standard InChI is InChI=1S/C12H19N3O3/c1-5-15(7-12(17)18)11(16)6-10-8(2)13-14(4)9(10)3/h5-7H2,1-4H3,(H,17,18). The summed E-state index contributed by atoms with van der Waals surface area (Å²) in [6, 6.07) is 0. The first kappa shape index (κ1) is 14.2. The molecule has 0 unspecified atom stereocenters. The van der Waals surface area contributed by atoms with Gasteiger partial charge >= 0.3 is 5.97 Å². The molecule has 1 N–H and O–H groups in total. The molecule has 0 saturated heterocycles. The van der Waals surface area contributed by atoms with Crippen molar-refractivity contribution in [3.05, 3.63) is 17.0 Å². The molecule has 1 aromatic heterocycles. The Hall–Kier alpha value is -1.85. The van der Waals surface area contributed by atoms with E-state index in [9.17, 15) is 9.59 Å². The predicted molar refractivity (Wildman–Crippen MR) is 66.3 cm³/mol. The summed E-state index contributed by atoms with van der Waals surface area (Å²) < 4.78 is 1.73. The lowest BCUT2D eigenvalue weighted by atomic mass is 10.1. The summed E-state index contributed by atoms with van der Waals surface area (Å²) in [5.74, 6) is -1.18. The average Bonchev–Trinajstić information content (AvgIpc) is 2.52. The van der Waals surface area contributed by atoms with E-state index in [4.69, 9.17) is 5.11 Å². The second kappa shape index (κ2) is 5.66. The molecule has 1 heterocycles. The number of aromatic nitrogens is 2. The van der Waals surface area contributed by atoms with Gasteiger partial charge in [-0.1, -0.05) is 0 Å². The van der Waals surface area contributed by atoms with Crippen LogP contribution in [0, 0.1) is 13.8 Å². The van der Waals surface area contributed by atoms with Crippen LogP contribution in [-0.2, 0) is 23.1 Å². The molecule has 0 saturated carbocycles. The summed E-state index contributed by atoms with van der Waals surface area (Å²) in [6.07, 6.45) is 0.201. The van der Waals surface area contributed by atoms with Gasteiger partial charge in [-0.25, -0.2) is 0 Å². The van der Waals surface area contributed by atoms with Crippen LogP contribution in [0.4, 0.5) is 0 Å². The molecule has 1 rings (SSSR count). The number of aliphatic carboxylic acids is 1. The van der Waals surface area contributed by atoms with E-state index in [1.54, 1.807) is 11.6 Å². The van der Waals surface area contributed by atoms with Crippen LogP contribution >= 0.6 is 0 Å². The fourth-order valence-electron chi connectivity index (χ4n) is 1.88. The number of aryl methyl sites for hydroxylation is 2. The number of nitrogens with zero attached hydrogens (tertiary/aromatic N) is 3. The molecule has 0 aromatic carbocycles. The Labute approximate surface area is 106 Å². The lowest BCUT2D eigenvalue weighted by Crippen LogP contribution is -2.36. The first-order valence-electron chi connectivity index (χ1n) is 5.85. The van der Waals surface area contributed by atoms with E-state index in [0.717, 1.165) is 17.0 Å². The molecule has 0 atom stereocenters. The average molecular weight is 253 g/mol. The van der Waals surface area contributed by atoms with Crippen molar-refractivity contribution in [3.63, 3.8) is 0 Å². The zero-order valence-electron chi connectivity index (χ0n) is 11.2. The van der Waals surface area contributed by atoms with E-state index in [1.165, 1.54) is 4.90 Å². The van der Waals surface area contributed by atoms with Gasteiger partial charge in [-0.3, -0.25) is 14.3 Å². The van der Waals surface area contributed by atoms with E-state index in [1.807, 2.05) is 20.9 Å². The third-order valence-corrected chi connectivity index (χ3v) is 3.05. The Morgan fingerprint density at radius 1 is 1.39 bits per heavy atom. The van der Waals surface area contributed by atoms with Crippen molar-refractivity contribution in [3.8, 4) is 0 Å². The maximum Gasteiger partial charge on any atom is 0.323 e. The Kier molecular flexibility index (Phi) is 4.47. The monoisotopic (exact) mass is 253 g/mol. The molecular formula is C12H19N3O3. The molecule has 0 spiro atoms. The number of carboxylic acid groups (broad SMARTS) is 1. The molecule has 0 bridgehead atoms. The lowest BCUT2D eigenvalue weighted by molar-refractivity contribution is -0.144. The van der Waals surface area contributed by atoms with Gasteiger partial charge in [0.15, 0.2) is 0 Å². The normalized spacial score (nSPS) is 10.4. The molecule has 0 aliphatic carbocycles. The van der Waals surface area contributed by atoms with Crippen molar-refractivity contribution in [1.29, 1.82) is 0 Å². The van der Waals surface area contributed by atoms with Crippen LogP contribution < -0.4 is 0 Å². The topological polar surface area (TPSA) is 75.4 Å². The molecule has 1 amide bonds. The van der Waals surface area contributed by atoms with Gasteiger partial charge in [-0.15, -0.1) is 0 Å². The van der Waals surface area contributed by atoms with Gasteiger partial charge in [0.25, 0.3) is 0 Å². The minimum absolute atomic E-state index is 0.181. The van der Waals surface area contributed by atoms with Crippen LogP contribution in [0.2, 0.25) is 0 Å². The predicted octanol–water partition coefficient (Wildman–Crippen LogP) is 0.513. The highest BCUT2D eigenvalue weighted by molar-refractivity contribution is 5.83. The molecule has 18 heavy (non-hydrogen) atoms. The van der Waals surface area contributed by atoms with E-state index in [-0.39, 0.29) is 18.9 Å². The Balaban J connectivity index is 2.83. The lowest BCUT2D eigenvalue weighted by Gasteiger charge is -2.18. The van der Waals surface area contributed by atoms with Crippen LogP contribution in [0.25, 0.3) is 0 Å². The summed E-state index contributed by atoms with van der Waals surface area (Å²) in [5, 5.41) is 13.0. The largest absolute Gasteiger partial charge is 0.480 e. The highest BCUT2D eigenvalue weighted by Crippen LogP contribution is 2.13. The smallest absolute Gasteiger partial charge is 0.323 e. The van der Waals surface area contributed by atoms with Gasteiger partial charge in [-0.05, 0) is 20.8 Å². The molecule has 6 nitrogen and oxygen atoms in total. The maximum atomic E-state index is 12.0. The van der Waals surface area contributed by atoms with Gasteiger partial charge in [0, 0.05) is 24.8 Å². The van der Waals surface area contributed by atoms with Crippen molar-refractivity contribution in [2.24, 2.45) is 7.05 Å². The van der Waals surface area contributed by atoms with Crippen molar-refractivity contribution in [2.45, 2.75) is 27.2 Å². The fourth-order valence-corrected chi connectivity index (χ4v) is 1.88. The van der Waals surface area contributed by atoms with E-state index in [2.05, 4.69) is 5.10 Å². The zero-order chi connectivity index (χ0) is 13.9. The minimum atomic E-state index is -0.996. The van der Waals surface area contributed by atoms with Crippen LogP contribution in [-0.4, -0.2) is 44.8 Å². The summed E-state index contributed by atoms with van der Waals surface area (Å²) in [6.45, 7) is 5.65. The van der Waals surface area contributed by atoms with E-state index in [0.29, 0.717) is 6.54 Å². The second-order valence-corrected chi connectivity index (χ2v) is 4.25. The molecule has 0 radical (unpaired) electrons. The van der Waals surface area contributed by atoms with Crippen molar-refractivity contribution >= 4 is 11.9 Å². The number of likely N-dealkylation sites (N-methyl/N-ethyl adjacent to an activating group) is 1. The SMILES string of the molecule is CCN(CC(=O)O)C(=O)Cc1c(C)nn(C)c1C. The molecule has 100 valence electrons. The second-order valence-electron chi connectivity index (χ2n) is 4.25. The van der Waals surface area contributed by atoms with Crippen LogP contribution in [0.1, 0.15) is 23.9 Å². The van der Waals surface area contributed by atoms with Crippen LogP contribution in [0.3, 0.4) is 0 Å². The fraction of sp³-hybridized carbons (Fsp3) is 0.583. The van der Waals surface area contributed by atoms with Crippen molar-refractivity contribution in [2.75, 3.05) is 13.1 Å². The number of carbonyl (C=O) groups excluding carboxylic acids is 1. The highest BCUT2D eigenvalue weighted by Gasteiger charge is 2.19. The van der Waals surface area contributed by atoms with Gasteiger partial charge in [0.1, 0.15) is 6.54 Å². The highest BCUT2D eigenvalue weighted by atomic mass is 16.4. The molecule has 0 aliphatic rings. The van der Waals surface area contributed by atoms with Gasteiger partial charge in [0.05, 0.1) is 12.1 Å². The van der Waals surface area contributed by atoms with Crippen LogP contribution in [0.5, 0.6) is 0 Å². The van der Waals surface area contributed by atoms with Gasteiger partial charge < -0.3 is 10.0 Å². The summed E-state index contributed by atoms with van der Waals surface area (Å²) in [5.41, 5.74) is 2.63. The molecular weight excluding hydrogens is 234 g/mol. The van der Waals surface area contributed by atoms with E-state index >= 15 is 0 Å². The molecule has 0 aliphatic heterocycles. The van der Waals surface area contributed by atoms with Gasteiger partial charge in [0.2, 0.25) is 5.91 Å². The maximum absolute atomic E-state index is 12.0. The molecule has 6 heteroatoms. The Morgan fingerprint density at radius 2 is 2.00 bits per heavy atom. The number of carbonyl (C=O) groups is 2. The summed E-state index contributed by atoms with van der Waals surface area (Å²) in [7, 11) is 1.82. The molecule has 1 aromatic rings. The third kappa shape index (κ3) is 3.09. The third-order valence-electron chi connectivity index (χ3n) is 3.05. The van der Waals surface area contributed by atoms with Crippen LogP contribution in [0.15, 0.2) is 0 Å². The number of hydrogen-bond acceptors (Lipinski definition) is 3. The zero-order valence-corrected chi connectivity index (χ0v) is 11.2. The summed E-state index contributed by atoms with van der Waals surface area (Å²) in [4.78, 5) is 24.0. The first-order valence-corrected chi connectivity index (χ1v) is 5.85. The Bertz CT molecular complexity index is 465. The van der Waals surface area contributed by atoms with Gasteiger partial charge in [-0.2, -0.15) is 5.10 Å².